The highest BCUT2D eigenvalue weighted by molar-refractivity contribution is 5.95. The van der Waals surface area contributed by atoms with Gasteiger partial charge in [-0.1, -0.05) is 6.07 Å². The van der Waals surface area contributed by atoms with Gasteiger partial charge < -0.3 is 15.4 Å². The van der Waals surface area contributed by atoms with E-state index in [1.165, 1.54) is 31.4 Å². The summed E-state index contributed by atoms with van der Waals surface area (Å²) in [4.78, 5) is 12.0. The molecule has 0 aliphatic carbocycles. The minimum Gasteiger partial charge on any atom is -0.497 e. The molecule has 0 aliphatic heterocycles. The lowest BCUT2D eigenvalue weighted by Crippen LogP contribution is -2.27. The van der Waals surface area contributed by atoms with Gasteiger partial charge in [0.15, 0.2) is 0 Å². The number of ether oxygens (including phenoxy) is 1. The molecule has 0 saturated carbocycles. The molecular weight excluding hydrogens is 350 g/mol. The van der Waals surface area contributed by atoms with E-state index in [1.807, 2.05) is 7.05 Å². The maximum absolute atomic E-state index is 14.2. The van der Waals surface area contributed by atoms with Crippen molar-refractivity contribution in [1.29, 1.82) is 0 Å². The normalized spacial score (nSPS) is 10.1. The van der Waals surface area contributed by atoms with Gasteiger partial charge in [0.05, 0.1) is 12.7 Å². The van der Waals surface area contributed by atoms with Crippen molar-refractivity contribution in [2.24, 2.45) is 0 Å². The van der Waals surface area contributed by atoms with E-state index in [0.29, 0.717) is 17.9 Å². The first kappa shape index (κ1) is 20.9. The van der Waals surface area contributed by atoms with Crippen LogP contribution in [0.2, 0.25) is 0 Å². The molecule has 0 atom stereocenters. The van der Waals surface area contributed by atoms with Crippen LogP contribution in [0, 0.1) is 11.6 Å². The maximum Gasteiger partial charge on any atom is 0.254 e. The van der Waals surface area contributed by atoms with Gasteiger partial charge in [0.25, 0.3) is 5.91 Å². The van der Waals surface area contributed by atoms with Crippen LogP contribution in [-0.2, 0) is 0 Å². The summed E-state index contributed by atoms with van der Waals surface area (Å²) in [5.41, 5.74) is 0.548. The van der Waals surface area contributed by atoms with E-state index >= 15 is 0 Å². The van der Waals surface area contributed by atoms with E-state index in [-0.39, 0.29) is 23.5 Å². The smallest absolute Gasteiger partial charge is 0.254 e. The molecule has 136 valence electrons. The Morgan fingerprint density at radius 1 is 1.08 bits per heavy atom. The predicted octanol–water partition coefficient (Wildman–Crippen LogP) is 3.40. The second-order valence-electron chi connectivity index (χ2n) is 5.25. The van der Waals surface area contributed by atoms with Gasteiger partial charge in [0.1, 0.15) is 17.4 Å². The third-order valence-corrected chi connectivity index (χ3v) is 3.59. The molecular formula is C18H21ClF2N2O2. The summed E-state index contributed by atoms with van der Waals surface area (Å²) in [6.45, 7) is 1.21. The first-order valence-corrected chi connectivity index (χ1v) is 7.63. The average molecular weight is 371 g/mol. The molecule has 0 bridgehead atoms. The number of amides is 1. The lowest BCUT2D eigenvalue weighted by Gasteiger charge is -2.09. The van der Waals surface area contributed by atoms with Crippen molar-refractivity contribution in [2.45, 2.75) is 6.42 Å². The molecule has 2 aromatic carbocycles. The molecule has 0 unspecified atom stereocenters. The summed E-state index contributed by atoms with van der Waals surface area (Å²) in [6, 6.07) is 8.39. The number of nitrogens with one attached hydrogen (secondary N) is 2. The van der Waals surface area contributed by atoms with E-state index in [4.69, 9.17) is 4.74 Å². The van der Waals surface area contributed by atoms with Crippen molar-refractivity contribution in [3.05, 3.63) is 53.6 Å². The number of rotatable bonds is 7. The summed E-state index contributed by atoms with van der Waals surface area (Å²) in [7, 11) is 3.26. The quantitative estimate of drug-likeness (QED) is 0.734. The Morgan fingerprint density at radius 2 is 1.84 bits per heavy atom. The van der Waals surface area contributed by atoms with E-state index < -0.39 is 17.5 Å². The molecule has 0 aliphatic rings. The minimum atomic E-state index is -0.686. The molecule has 0 saturated heterocycles. The SMILES string of the molecule is CNCCCNC(=O)c1ccc(-c2ccc(OC)cc2F)cc1F.Cl. The summed E-state index contributed by atoms with van der Waals surface area (Å²) >= 11 is 0. The van der Waals surface area contributed by atoms with Crippen LogP contribution >= 0.6 is 12.4 Å². The van der Waals surface area contributed by atoms with Gasteiger partial charge in [-0.3, -0.25) is 4.79 Å². The minimum absolute atomic E-state index is 0. The molecule has 2 aromatic rings. The summed E-state index contributed by atoms with van der Waals surface area (Å²) in [5, 5.41) is 5.61. The lowest BCUT2D eigenvalue weighted by atomic mass is 10.0. The Balaban J connectivity index is 0.00000312. The largest absolute Gasteiger partial charge is 0.497 e. The number of benzene rings is 2. The van der Waals surface area contributed by atoms with Crippen LogP contribution in [0.25, 0.3) is 11.1 Å². The zero-order valence-corrected chi connectivity index (χ0v) is 14.9. The van der Waals surface area contributed by atoms with Crippen LogP contribution in [0.1, 0.15) is 16.8 Å². The molecule has 4 nitrogen and oxygen atoms in total. The Kier molecular flexibility index (Phi) is 8.31. The van der Waals surface area contributed by atoms with Gasteiger partial charge in [0.2, 0.25) is 0 Å². The highest BCUT2D eigenvalue weighted by Gasteiger charge is 2.14. The number of hydrogen-bond acceptors (Lipinski definition) is 3. The van der Waals surface area contributed by atoms with Crippen molar-refractivity contribution in [2.75, 3.05) is 27.2 Å². The van der Waals surface area contributed by atoms with Gasteiger partial charge in [0, 0.05) is 18.2 Å². The van der Waals surface area contributed by atoms with Crippen molar-refractivity contribution in [1.82, 2.24) is 10.6 Å². The van der Waals surface area contributed by atoms with Crippen LogP contribution in [0.3, 0.4) is 0 Å². The van der Waals surface area contributed by atoms with Crippen LogP contribution < -0.4 is 15.4 Å². The standard InChI is InChI=1S/C18H20F2N2O2.ClH/c1-21-8-3-9-22-18(23)15-6-4-12(10-16(15)19)14-7-5-13(24-2)11-17(14)20;/h4-7,10-11,21H,3,8-9H2,1-2H3,(H,22,23);1H. The van der Waals surface area contributed by atoms with E-state index in [2.05, 4.69) is 10.6 Å². The number of methoxy groups -OCH3 is 1. The average Bonchev–Trinajstić information content (AvgIpc) is 2.58. The molecule has 25 heavy (non-hydrogen) atoms. The molecule has 0 radical (unpaired) electrons. The Morgan fingerprint density at radius 3 is 2.44 bits per heavy atom. The fraction of sp³-hybridized carbons (Fsp3) is 0.278. The fourth-order valence-corrected chi connectivity index (χ4v) is 2.29. The third-order valence-electron chi connectivity index (χ3n) is 3.59. The van der Waals surface area contributed by atoms with Crippen molar-refractivity contribution in [3.8, 4) is 16.9 Å². The Bertz CT molecular complexity index is 726. The third kappa shape index (κ3) is 5.41. The van der Waals surface area contributed by atoms with E-state index in [0.717, 1.165) is 19.0 Å². The fourth-order valence-electron chi connectivity index (χ4n) is 2.29. The number of carbonyl (C=O) groups excluding carboxylic acids is 1. The summed E-state index contributed by atoms with van der Waals surface area (Å²) in [5.74, 6) is -1.30. The van der Waals surface area contributed by atoms with Crippen LogP contribution in [0.5, 0.6) is 5.75 Å². The van der Waals surface area contributed by atoms with E-state index in [9.17, 15) is 13.6 Å². The van der Waals surface area contributed by atoms with Crippen molar-refractivity contribution < 1.29 is 18.3 Å². The first-order chi connectivity index (χ1) is 11.6. The van der Waals surface area contributed by atoms with Crippen LogP contribution in [0.4, 0.5) is 8.78 Å². The van der Waals surface area contributed by atoms with Crippen LogP contribution in [0.15, 0.2) is 36.4 Å². The van der Waals surface area contributed by atoms with Gasteiger partial charge >= 0.3 is 0 Å². The molecule has 1 amide bonds. The van der Waals surface area contributed by atoms with Gasteiger partial charge in [-0.2, -0.15) is 0 Å². The second-order valence-corrected chi connectivity index (χ2v) is 5.25. The number of hydrogen-bond donors (Lipinski definition) is 2. The zero-order valence-electron chi connectivity index (χ0n) is 14.1. The Hall–Kier alpha value is -2.18. The molecule has 0 heterocycles. The molecule has 7 heteroatoms. The molecule has 2 rings (SSSR count). The maximum atomic E-state index is 14.2. The molecule has 0 spiro atoms. The molecule has 2 N–H and O–H groups in total. The zero-order chi connectivity index (χ0) is 17.5. The van der Waals surface area contributed by atoms with E-state index in [1.54, 1.807) is 6.07 Å². The lowest BCUT2D eigenvalue weighted by molar-refractivity contribution is 0.0949. The monoisotopic (exact) mass is 370 g/mol. The van der Waals surface area contributed by atoms with Gasteiger partial charge in [-0.25, -0.2) is 8.78 Å². The van der Waals surface area contributed by atoms with Crippen LogP contribution in [-0.4, -0.2) is 33.2 Å². The van der Waals surface area contributed by atoms with Crippen molar-refractivity contribution in [3.63, 3.8) is 0 Å². The number of carbonyl (C=O) groups is 1. The molecule has 0 fully saturated rings. The van der Waals surface area contributed by atoms with Gasteiger partial charge in [-0.05, 0) is 49.8 Å². The predicted molar refractivity (Wildman–Crippen MR) is 96.5 cm³/mol. The molecule has 0 aromatic heterocycles. The topological polar surface area (TPSA) is 50.4 Å². The van der Waals surface area contributed by atoms with Gasteiger partial charge in [-0.15, -0.1) is 12.4 Å². The summed E-state index contributed by atoms with van der Waals surface area (Å²) in [6.07, 6.45) is 0.749. The first-order valence-electron chi connectivity index (χ1n) is 7.63. The second kappa shape index (κ2) is 9.96. The summed E-state index contributed by atoms with van der Waals surface area (Å²) < 4.78 is 33.2. The highest BCUT2D eigenvalue weighted by Crippen LogP contribution is 2.27. The Labute approximate surface area is 152 Å². The number of halogens is 3. The van der Waals surface area contributed by atoms with Crippen molar-refractivity contribution >= 4 is 18.3 Å². The highest BCUT2D eigenvalue weighted by atomic mass is 35.5.